The van der Waals surface area contributed by atoms with Crippen molar-refractivity contribution in [1.82, 2.24) is 9.78 Å². The van der Waals surface area contributed by atoms with Crippen LogP contribution in [0.3, 0.4) is 0 Å². The molecule has 1 aromatic carbocycles. The van der Waals surface area contributed by atoms with Crippen molar-refractivity contribution in [2.45, 2.75) is 32.7 Å². The highest BCUT2D eigenvalue weighted by Gasteiger charge is 2.22. The molecule has 1 heterocycles. The molecule has 5 heteroatoms. The van der Waals surface area contributed by atoms with E-state index in [1.165, 1.54) is 4.68 Å². The van der Waals surface area contributed by atoms with E-state index < -0.39 is 5.76 Å². The monoisotopic (exact) mass is 266 g/mol. The van der Waals surface area contributed by atoms with Crippen LogP contribution in [0, 0.1) is 0 Å². The topological polar surface area (TPSA) is 48.0 Å². The fourth-order valence-corrected chi connectivity index (χ4v) is 1.60. The molecule has 0 aliphatic rings. The Kier molecular flexibility index (Phi) is 3.30. The van der Waals surface area contributed by atoms with Crippen LogP contribution in [0.25, 0.3) is 0 Å². The van der Waals surface area contributed by atoms with Crippen molar-refractivity contribution in [3.63, 3.8) is 0 Å². The van der Waals surface area contributed by atoms with Gasteiger partial charge in [0.15, 0.2) is 0 Å². The second-order valence-electron chi connectivity index (χ2n) is 5.21. The fraction of sp³-hybridized carbons (Fsp3) is 0.385. The van der Waals surface area contributed by atoms with Gasteiger partial charge in [0.25, 0.3) is 0 Å². The Morgan fingerprint density at radius 2 is 1.89 bits per heavy atom. The van der Waals surface area contributed by atoms with E-state index >= 15 is 0 Å². The quantitative estimate of drug-likeness (QED) is 0.840. The van der Waals surface area contributed by atoms with Crippen LogP contribution in [0.15, 0.2) is 33.5 Å². The van der Waals surface area contributed by atoms with Crippen molar-refractivity contribution in [2.75, 3.05) is 0 Å². The average molecular weight is 267 g/mol. The Morgan fingerprint density at radius 1 is 1.28 bits per heavy atom. The number of rotatable bonds is 2. The Balaban J connectivity index is 2.27. The molecule has 1 aromatic heterocycles. The molecule has 0 amide bonds. The molecule has 96 valence electrons. The molecular weight excluding hydrogens is 252 g/mol. The Bertz CT molecular complexity index is 591. The maximum absolute atomic E-state index is 11.7. The number of nitrogens with zero attached hydrogens (tertiary/aromatic N) is 2. The minimum Gasteiger partial charge on any atom is -0.392 e. The van der Waals surface area contributed by atoms with Crippen LogP contribution in [0.4, 0.5) is 0 Å². The smallest absolute Gasteiger partial charge is 0.392 e. The predicted molar refractivity (Wildman–Crippen MR) is 70.0 cm³/mol. The number of hydrogen-bond donors (Lipinski definition) is 0. The lowest BCUT2D eigenvalue weighted by atomic mass is 9.97. The number of hydrogen-bond acceptors (Lipinski definition) is 3. The van der Waals surface area contributed by atoms with Gasteiger partial charge in [-0.1, -0.05) is 44.5 Å². The van der Waals surface area contributed by atoms with E-state index in [2.05, 4.69) is 5.10 Å². The highest BCUT2D eigenvalue weighted by molar-refractivity contribution is 6.30. The van der Waals surface area contributed by atoms with Crippen LogP contribution >= 0.6 is 11.6 Å². The Hall–Kier alpha value is -1.55. The largest absolute Gasteiger partial charge is 0.437 e. The van der Waals surface area contributed by atoms with E-state index in [-0.39, 0.29) is 5.41 Å². The molecule has 0 spiro atoms. The summed E-state index contributed by atoms with van der Waals surface area (Å²) < 4.78 is 6.47. The van der Waals surface area contributed by atoms with Gasteiger partial charge >= 0.3 is 5.76 Å². The standard InChI is InChI=1S/C13H15ClN2O2/c1-13(2,3)11-15-16(12(17)18-11)8-9-4-6-10(14)7-5-9/h4-7H,8H2,1-3H3. The third-order valence-electron chi connectivity index (χ3n) is 2.49. The molecule has 0 unspecified atom stereocenters. The summed E-state index contributed by atoms with van der Waals surface area (Å²) >= 11 is 5.81. The Labute approximate surface area is 110 Å². The van der Waals surface area contributed by atoms with Gasteiger partial charge in [-0.2, -0.15) is 4.68 Å². The molecule has 0 N–H and O–H groups in total. The summed E-state index contributed by atoms with van der Waals surface area (Å²) in [7, 11) is 0. The highest BCUT2D eigenvalue weighted by Crippen LogP contribution is 2.18. The molecule has 2 rings (SSSR count). The van der Waals surface area contributed by atoms with Crippen LogP contribution in [0.2, 0.25) is 5.02 Å². The zero-order valence-corrected chi connectivity index (χ0v) is 11.4. The number of halogens is 1. The molecule has 18 heavy (non-hydrogen) atoms. The van der Waals surface area contributed by atoms with E-state index in [1.807, 2.05) is 32.9 Å². The van der Waals surface area contributed by atoms with Crippen molar-refractivity contribution in [2.24, 2.45) is 0 Å². The molecule has 2 aromatic rings. The van der Waals surface area contributed by atoms with E-state index in [0.717, 1.165) is 5.56 Å². The summed E-state index contributed by atoms with van der Waals surface area (Å²) in [6, 6.07) is 7.29. The Morgan fingerprint density at radius 3 is 2.39 bits per heavy atom. The van der Waals surface area contributed by atoms with Gasteiger partial charge in [-0.3, -0.25) is 0 Å². The van der Waals surface area contributed by atoms with E-state index in [9.17, 15) is 4.79 Å². The summed E-state index contributed by atoms with van der Waals surface area (Å²) in [5, 5.41) is 4.87. The van der Waals surface area contributed by atoms with Gasteiger partial charge in [0.05, 0.1) is 6.54 Å². The van der Waals surface area contributed by atoms with Crippen molar-refractivity contribution < 1.29 is 4.42 Å². The second kappa shape index (κ2) is 4.61. The molecule has 0 fully saturated rings. The predicted octanol–water partition coefficient (Wildman–Crippen LogP) is 2.84. The van der Waals surface area contributed by atoms with Crippen LogP contribution in [-0.2, 0) is 12.0 Å². The molecule has 0 saturated heterocycles. The molecule has 0 atom stereocenters. The lowest BCUT2D eigenvalue weighted by Crippen LogP contribution is -2.17. The highest BCUT2D eigenvalue weighted by atomic mass is 35.5. The summed E-state index contributed by atoms with van der Waals surface area (Å²) in [6.07, 6.45) is 0. The second-order valence-corrected chi connectivity index (χ2v) is 5.64. The van der Waals surface area contributed by atoms with Crippen molar-refractivity contribution >= 4 is 11.6 Å². The van der Waals surface area contributed by atoms with Crippen molar-refractivity contribution in [3.8, 4) is 0 Å². The first-order valence-electron chi connectivity index (χ1n) is 5.69. The van der Waals surface area contributed by atoms with Crippen molar-refractivity contribution in [1.29, 1.82) is 0 Å². The summed E-state index contributed by atoms with van der Waals surface area (Å²) in [5.41, 5.74) is 0.681. The average Bonchev–Trinajstić information content (AvgIpc) is 2.63. The van der Waals surface area contributed by atoms with Gasteiger partial charge < -0.3 is 4.42 Å². The normalized spacial score (nSPS) is 11.8. The number of aromatic nitrogens is 2. The zero-order valence-electron chi connectivity index (χ0n) is 10.6. The van der Waals surface area contributed by atoms with Crippen LogP contribution in [-0.4, -0.2) is 9.78 Å². The molecule has 0 saturated carbocycles. The van der Waals surface area contributed by atoms with Gasteiger partial charge in [0, 0.05) is 10.4 Å². The minimum atomic E-state index is -0.435. The summed E-state index contributed by atoms with van der Waals surface area (Å²) in [6.45, 7) is 6.23. The molecule has 0 aliphatic carbocycles. The third kappa shape index (κ3) is 2.82. The first kappa shape index (κ1) is 12.9. The van der Waals surface area contributed by atoms with Crippen LogP contribution in [0.5, 0.6) is 0 Å². The molecule has 0 radical (unpaired) electrons. The summed E-state index contributed by atoms with van der Waals surface area (Å²) in [4.78, 5) is 11.7. The number of benzene rings is 1. The summed E-state index contributed by atoms with van der Waals surface area (Å²) in [5.74, 6) is 0.0105. The fourth-order valence-electron chi connectivity index (χ4n) is 1.47. The lowest BCUT2D eigenvalue weighted by Gasteiger charge is -2.10. The SMILES string of the molecule is CC(C)(C)c1nn(Cc2ccc(Cl)cc2)c(=O)o1. The van der Waals surface area contributed by atoms with Gasteiger partial charge in [0.1, 0.15) is 0 Å². The maximum Gasteiger partial charge on any atom is 0.437 e. The molecule has 0 aliphatic heterocycles. The molecular formula is C13H15ClN2O2. The lowest BCUT2D eigenvalue weighted by molar-refractivity contribution is 0.374. The molecule has 4 nitrogen and oxygen atoms in total. The van der Waals surface area contributed by atoms with Gasteiger partial charge in [-0.05, 0) is 17.7 Å². The van der Waals surface area contributed by atoms with Crippen LogP contribution < -0.4 is 5.76 Å². The first-order valence-corrected chi connectivity index (χ1v) is 6.07. The van der Waals surface area contributed by atoms with Gasteiger partial charge in [-0.15, -0.1) is 5.10 Å². The van der Waals surface area contributed by atoms with Crippen LogP contribution in [0.1, 0.15) is 32.2 Å². The first-order chi connectivity index (χ1) is 8.36. The van der Waals surface area contributed by atoms with E-state index in [0.29, 0.717) is 17.5 Å². The van der Waals surface area contributed by atoms with E-state index in [1.54, 1.807) is 12.1 Å². The van der Waals surface area contributed by atoms with Gasteiger partial charge in [-0.25, -0.2) is 4.79 Å². The van der Waals surface area contributed by atoms with Gasteiger partial charge in [0.2, 0.25) is 5.89 Å². The molecule has 0 bridgehead atoms. The maximum atomic E-state index is 11.7. The zero-order chi connectivity index (χ0) is 13.3. The van der Waals surface area contributed by atoms with E-state index in [4.69, 9.17) is 16.0 Å². The minimum absolute atomic E-state index is 0.273. The third-order valence-corrected chi connectivity index (χ3v) is 2.75. The van der Waals surface area contributed by atoms with Crippen molar-refractivity contribution in [3.05, 3.63) is 51.3 Å².